The molecule has 10 heteroatoms. The minimum atomic E-state index is -3.86. The Hall–Kier alpha value is -2.52. The van der Waals surface area contributed by atoms with Gasteiger partial charge in [-0.25, -0.2) is 17.9 Å². The molecule has 0 saturated heterocycles. The Morgan fingerprint density at radius 2 is 2.03 bits per heavy atom. The van der Waals surface area contributed by atoms with E-state index in [0.717, 1.165) is 28.0 Å². The molecule has 2 aromatic heterocycles. The second-order valence-corrected chi connectivity index (χ2v) is 9.84. The summed E-state index contributed by atoms with van der Waals surface area (Å²) in [5.41, 5.74) is 2.44. The van der Waals surface area contributed by atoms with Gasteiger partial charge in [-0.1, -0.05) is 25.4 Å². The molecule has 0 aliphatic carbocycles. The molecule has 3 aromatic rings. The summed E-state index contributed by atoms with van der Waals surface area (Å²) in [6, 6.07) is 7.52. The number of aryl methyl sites for hydroxylation is 2. The molecule has 0 aliphatic heterocycles. The van der Waals surface area contributed by atoms with E-state index in [2.05, 4.69) is 5.10 Å². The van der Waals surface area contributed by atoms with Crippen LogP contribution in [0.3, 0.4) is 0 Å². The first-order valence-electron chi connectivity index (χ1n) is 9.54. The lowest BCUT2D eigenvalue weighted by atomic mass is 10.2. The lowest BCUT2D eigenvalue weighted by Gasteiger charge is -2.11. The van der Waals surface area contributed by atoms with Gasteiger partial charge in [-0.05, 0) is 43.5 Å². The van der Waals surface area contributed by atoms with Gasteiger partial charge in [0.1, 0.15) is 5.82 Å². The zero-order valence-corrected chi connectivity index (χ0v) is 18.9. The average Bonchev–Trinajstić information content (AvgIpc) is 3.17. The average molecular weight is 453 g/mol. The van der Waals surface area contributed by atoms with E-state index in [1.54, 1.807) is 10.7 Å². The Morgan fingerprint density at radius 3 is 2.73 bits per heavy atom. The monoisotopic (exact) mass is 452 g/mol. The first-order valence-corrected chi connectivity index (χ1v) is 11.6. The third-order valence-electron chi connectivity index (χ3n) is 4.60. The largest absolute Gasteiger partial charge is 0.449 e. The van der Waals surface area contributed by atoms with Crippen LogP contribution in [0.4, 0.5) is 4.79 Å². The number of aromatic nitrogens is 3. The number of halogens is 1. The minimum absolute atomic E-state index is 0.116. The normalized spacial score (nSPS) is 11.9. The predicted molar refractivity (Wildman–Crippen MR) is 117 cm³/mol. The van der Waals surface area contributed by atoms with Gasteiger partial charge in [0.25, 0.3) is 0 Å². The van der Waals surface area contributed by atoms with Crippen molar-refractivity contribution in [2.75, 3.05) is 12.4 Å². The molecule has 0 radical (unpaired) electrons. The number of benzene rings is 1. The fourth-order valence-electron chi connectivity index (χ4n) is 3.27. The van der Waals surface area contributed by atoms with Crippen molar-refractivity contribution in [2.24, 2.45) is 13.0 Å². The summed E-state index contributed by atoms with van der Waals surface area (Å²) in [7, 11) is -2.05. The van der Waals surface area contributed by atoms with Crippen molar-refractivity contribution in [2.45, 2.75) is 27.2 Å². The van der Waals surface area contributed by atoms with Gasteiger partial charge in [0.15, 0.2) is 0 Å². The highest BCUT2D eigenvalue weighted by molar-refractivity contribution is 7.90. The Balaban J connectivity index is 1.83. The Morgan fingerprint density at radius 1 is 1.30 bits per heavy atom. The van der Waals surface area contributed by atoms with Crippen molar-refractivity contribution in [1.29, 1.82) is 0 Å². The zero-order valence-electron chi connectivity index (χ0n) is 17.3. The minimum Gasteiger partial charge on any atom is -0.449 e. The van der Waals surface area contributed by atoms with Crippen LogP contribution >= 0.6 is 11.6 Å². The van der Waals surface area contributed by atoms with E-state index < -0.39 is 16.1 Å². The second-order valence-electron chi connectivity index (χ2n) is 7.56. The van der Waals surface area contributed by atoms with Crippen molar-refractivity contribution < 1.29 is 17.9 Å². The maximum Gasteiger partial charge on any atom is 0.420 e. The smallest absolute Gasteiger partial charge is 0.420 e. The number of nitrogens with zero attached hydrogens (tertiary/aromatic N) is 3. The Bertz CT molecular complexity index is 1180. The molecule has 1 amide bonds. The van der Waals surface area contributed by atoms with Crippen molar-refractivity contribution in [1.82, 2.24) is 19.1 Å². The standard InChI is InChI=1S/C20H25ClN4O4S/c1-13(2)12-29-20(26)23-30(27,28)10-8-17-14(3)22-24(4)19(17)25-9-7-15-11-16(21)5-6-18(15)25/h5-7,9,11,13H,8,10,12H2,1-4H3,(H,23,26). The molecule has 0 aliphatic rings. The number of ether oxygens (including phenoxy) is 1. The summed E-state index contributed by atoms with van der Waals surface area (Å²) in [6.07, 6.45) is 1.13. The molecule has 0 atom stereocenters. The van der Waals surface area contributed by atoms with Crippen molar-refractivity contribution in [3.8, 4) is 5.82 Å². The van der Waals surface area contributed by atoms with Gasteiger partial charge in [0, 0.05) is 29.2 Å². The Kier molecular flexibility index (Phi) is 6.42. The number of hydrogen-bond donors (Lipinski definition) is 1. The molecule has 1 aromatic carbocycles. The topological polar surface area (TPSA) is 95.2 Å². The van der Waals surface area contributed by atoms with Crippen molar-refractivity contribution >= 4 is 38.6 Å². The van der Waals surface area contributed by atoms with E-state index >= 15 is 0 Å². The molecule has 30 heavy (non-hydrogen) atoms. The van der Waals surface area contributed by atoms with Crippen LogP contribution < -0.4 is 4.72 Å². The van der Waals surface area contributed by atoms with Gasteiger partial charge in [0.2, 0.25) is 10.0 Å². The van der Waals surface area contributed by atoms with E-state index in [1.807, 2.05) is 61.5 Å². The highest BCUT2D eigenvalue weighted by atomic mass is 35.5. The Labute approximate surface area is 180 Å². The molecule has 0 unspecified atom stereocenters. The molecule has 1 N–H and O–H groups in total. The number of hydrogen-bond acceptors (Lipinski definition) is 5. The second kappa shape index (κ2) is 8.69. The molecule has 0 fully saturated rings. The number of carbonyl (C=O) groups is 1. The molecule has 0 spiro atoms. The van der Waals surface area contributed by atoms with E-state index in [9.17, 15) is 13.2 Å². The summed E-state index contributed by atoms with van der Waals surface area (Å²) in [5, 5.41) is 6.07. The maximum absolute atomic E-state index is 12.4. The zero-order chi connectivity index (χ0) is 22.1. The van der Waals surface area contributed by atoms with Crippen LogP contribution in [0.5, 0.6) is 0 Å². The van der Waals surface area contributed by atoms with Gasteiger partial charge in [-0.15, -0.1) is 0 Å². The molecule has 2 heterocycles. The fraction of sp³-hybridized carbons (Fsp3) is 0.400. The van der Waals surface area contributed by atoms with Crippen molar-refractivity contribution in [3.63, 3.8) is 0 Å². The number of sulfonamides is 1. The highest BCUT2D eigenvalue weighted by Crippen LogP contribution is 2.27. The van der Waals surface area contributed by atoms with E-state index in [4.69, 9.17) is 16.3 Å². The number of nitrogens with one attached hydrogen (secondary N) is 1. The van der Waals surface area contributed by atoms with E-state index in [1.165, 1.54) is 0 Å². The first-order chi connectivity index (χ1) is 14.1. The quantitative estimate of drug-likeness (QED) is 0.591. The van der Waals surface area contributed by atoms with E-state index in [0.29, 0.717) is 5.02 Å². The molecule has 3 rings (SSSR count). The molecule has 0 saturated carbocycles. The third kappa shape index (κ3) is 4.96. The van der Waals surface area contributed by atoms with E-state index in [-0.39, 0.29) is 24.7 Å². The van der Waals surface area contributed by atoms with Gasteiger partial charge in [-0.3, -0.25) is 4.68 Å². The number of rotatable bonds is 7. The molecule has 8 nitrogen and oxygen atoms in total. The van der Waals surface area contributed by atoms with Gasteiger partial charge < -0.3 is 9.30 Å². The van der Waals surface area contributed by atoms with Crippen LogP contribution in [0.15, 0.2) is 30.5 Å². The van der Waals surface area contributed by atoms with Gasteiger partial charge in [-0.2, -0.15) is 5.10 Å². The van der Waals surface area contributed by atoms with Crippen LogP contribution in [-0.2, 0) is 28.2 Å². The predicted octanol–water partition coefficient (Wildman–Crippen LogP) is 3.58. The summed E-state index contributed by atoms with van der Waals surface area (Å²) >= 11 is 6.08. The first kappa shape index (κ1) is 22.2. The lowest BCUT2D eigenvalue weighted by molar-refractivity contribution is 0.139. The fourth-order valence-corrected chi connectivity index (χ4v) is 4.34. The molecular weight excluding hydrogens is 428 g/mol. The molecule has 162 valence electrons. The van der Waals surface area contributed by atoms with Crippen LogP contribution in [0.1, 0.15) is 25.1 Å². The van der Waals surface area contributed by atoms with Crippen molar-refractivity contribution in [3.05, 3.63) is 46.7 Å². The summed E-state index contributed by atoms with van der Waals surface area (Å²) in [4.78, 5) is 11.7. The number of amides is 1. The summed E-state index contributed by atoms with van der Waals surface area (Å²) < 4.78 is 35.3. The molecular formula is C20H25ClN4O4S. The number of carbonyl (C=O) groups excluding carboxylic acids is 1. The third-order valence-corrected chi connectivity index (χ3v) is 6.06. The van der Waals surface area contributed by atoms with Gasteiger partial charge >= 0.3 is 6.09 Å². The summed E-state index contributed by atoms with van der Waals surface area (Å²) in [6.45, 7) is 5.72. The highest BCUT2D eigenvalue weighted by Gasteiger charge is 2.21. The van der Waals surface area contributed by atoms with Crippen LogP contribution in [0.25, 0.3) is 16.7 Å². The van der Waals surface area contributed by atoms with Crippen LogP contribution in [0, 0.1) is 12.8 Å². The van der Waals surface area contributed by atoms with Crippen LogP contribution in [-0.4, -0.2) is 41.2 Å². The summed E-state index contributed by atoms with van der Waals surface area (Å²) in [5.74, 6) is 0.613. The molecule has 0 bridgehead atoms. The number of fused-ring (bicyclic) bond motifs is 1. The maximum atomic E-state index is 12.4. The lowest BCUT2D eigenvalue weighted by Crippen LogP contribution is -2.34. The van der Waals surface area contributed by atoms with Gasteiger partial charge in [0.05, 0.1) is 23.6 Å². The SMILES string of the molecule is Cc1nn(C)c(-n2ccc3cc(Cl)ccc32)c1CCS(=O)(=O)NC(=O)OCC(C)C. The van der Waals surface area contributed by atoms with Crippen LogP contribution in [0.2, 0.25) is 5.02 Å².